The van der Waals surface area contributed by atoms with E-state index >= 15 is 0 Å². The fourth-order valence-electron chi connectivity index (χ4n) is 3.98. The van der Waals surface area contributed by atoms with E-state index in [0.29, 0.717) is 22.6 Å². The molecule has 1 aliphatic rings. The zero-order valence-corrected chi connectivity index (χ0v) is 16.3. The summed E-state index contributed by atoms with van der Waals surface area (Å²) in [6, 6.07) is 19.5. The van der Waals surface area contributed by atoms with Crippen molar-refractivity contribution < 1.29 is 8.78 Å². The topological polar surface area (TPSA) is 0 Å². The van der Waals surface area contributed by atoms with E-state index in [1.54, 1.807) is 12.1 Å². The molecule has 4 rings (SSSR count). The van der Waals surface area contributed by atoms with Gasteiger partial charge in [0.25, 0.3) is 0 Å². The van der Waals surface area contributed by atoms with Crippen LogP contribution in [0, 0.1) is 25.5 Å². The van der Waals surface area contributed by atoms with Crippen LogP contribution in [0.5, 0.6) is 0 Å². The van der Waals surface area contributed by atoms with E-state index in [-0.39, 0.29) is 5.92 Å². The number of benzene rings is 3. The molecule has 0 radical (unpaired) electrons. The second-order valence-electron chi connectivity index (χ2n) is 7.78. The molecule has 2 heteroatoms. The highest BCUT2D eigenvalue weighted by atomic mass is 19.2. The second kappa shape index (κ2) is 7.71. The zero-order valence-electron chi connectivity index (χ0n) is 16.3. The lowest BCUT2D eigenvalue weighted by Crippen LogP contribution is -2.09. The van der Waals surface area contributed by atoms with Crippen LogP contribution < -0.4 is 0 Å². The SMILES string of the molecule is Cc1ccc(-c2ccc(C3C=CC(c4ccc(C)cc4)CC3)c(F)c2F)cc1. The second-order valence-corrected chi connectivity index (χ2v) is 7.78. The third-order valence-electron chi connectivity index (χ3n) is 5.74. The number of hydrogen-bond acceptors (Lipinski definition) is 0. The highest BCUT2D eigenvalue weighted by molar-refractivity contribution is 5.65. The van der Waals surface area contributed by atoms with Crippen LogP contribution in [0.15, 0.2) is 72.8 Å². The minimum absolute atomic E-state index is 0.0803. The summed E-state index contributed by atoms with van der Waals surface area (Å²) < 4.78 is 29.7. The average Bonchev–Trinajstić information content (AvgIpc) is 2.72. The van der Waals surface area contributed by atoms with Crippen LogP contribution in [0.2, 0.25) is 0 Å². The Hall–Kier alpha value is -2.74. The van der Waals surface area contributed by atoms with E-state index in [4.69, 9.17) is 0 Å². The first-order valence-corrected chi connectivity index (χ1v) is 9.83. The first kappa shape index (κ1) is 18.6. The molecule has 0 heterocycles. The fourth-order valence-corrected chi connectivity index (χ4v) is 3.98. The Morgan fingerprint density at radius 3 is 1.82 bits per heavy atom. The monoisotopic (exact) mass is 374 g/mol. The van der Waals surface area contributed by atoms with E-state index in [2.05, 4.69) is 37.3 Å². The number of allylic oxidation sites excluding steroid dienone is 2. The van der Waals surface area contributed by atoms with Crippen molar-refractivity contribution in [3.63, 3.8) is 0 Å². The van der Waals surface area contributed by atoms with Crippen LogP contribution in [0.4, 0.5) is 8.78 Å². The Morgan fingerprint density at radius 1 is 0.643 bits per heavy atom. The first-order valence-electron chi connectivity index (χ1n) is 9.83. The van der Waals surface area contributed by atoms with Crippen LogP contribution in [-0.4, -0.2) is 0 Å². The maximum absolute atomic E-state index is 14.9. The molecule has 0 fully saturated rings. The van der Waals surface area contributed by atoms with Crippen molar-refractivity contribution in [2.24, 2.45) is 0 Å². The van der Waals surface area contributed by atoms with Crippen molar-refractivity contribution in [2.75, 3.05) is 0 Å². The molecule has 2 atom stereocenters. The zero-order chi connectivity index (χ0) is 19.7. The molecular formula is C26H24F2. The number of halogens is 2. The summed E-state index contributed by atoms with van der Waals surface area (Å²) in [5.41, 5.74) is 5.09. The normalized spacial score (nSPS) is 19.0. The predicted octanol–water partition coefficient (Wildman–Crippen LogP) is 7.47. The minimum atomic E-state index is -0.754. The Kier molecular flexibility index (Phi) is 5.13. The van der Waals surface area contributed by atoms with Crippen LogP contribution in [0.3, 0.4) is 0 Å². The van der Waals surface area contributed by atoms with Gasteiger partial charge in [-0.3, -0.25) is 0 Å². The highest BCUT2D eigenvalue weighted by Gasteiger charge is 2.23. The maximum atomic E-state index is 14.9. The quantitative estimate of drug-likeness (QED) is 0.417. The largest absolute Gasteiger partial charge is 0.203 e. The summed E-state index contributed by atoms with van der Waals surface area (Å²) >= 11 is 0. The summed E-state index contributed by atoms with van der Waals surface area (Å²) in [5, 5.41) is 0. The molecule has 0 saturated heterocycles. The molecule has 3 aromatic carbocycles. The average molecular weight is 374 g/mol. The van der Waals surface area contributed by atoms with Crippen molar-refractivity contribution in [1.29, 1.82) is 0 Å². The predicted molar refractivity (Wildman–Crippen MR) is 112 cm³/mol. The Morgan fingerprint density at radius 2 is 1.21 bits per heavy atom. The van der Waals surface area contributed by atoms with Gasteiger partial charge in [-0.15, -0.1) is 0 Å². The molecule has 0 N–H and O–H groups in total. The Balaban J connectivity index is 1.58. The van der Waals surface area contributed by atoms with Gasteiger partial charge in [-0.05, 0) is 43.4 Å². The van der Waals surface area contributed by atoms with Crippen LogP contribution in [-0.2, 0) is 0 Å². The highest BCUT2D eigenvalue weighted by Crippen LogP contribution is 2.38. The molecule has 2 unspecified atom stereocenters. The van der Waals surface area contributed by atoms with Gasteiger partial charge >= 0.3 is 0 Å². The minimum Gasteiger partial charge on any atom is -0.203 e. The summed E-state index contributed by atoms with van der Waals surface area (Å²) in [6.07, 6.45) is 5.93. The van der Waals surface area contributed by atoms with Crippen molar-refractivity contribution in [1.82, 2.24) is 0 Å². The standard InChI is InChI=1S/C26H24F2/c1-17-3-7-19(8-4-17)20-11-13-22(14-12-20)24-16-15-23(25(27)26(24)28)21-9-5-18(2)6-10-21/h3-11,13,15-16,20,22H,12,14H2,1-2H3. The van der Waals surface area contributed by atoms with Gasteiger partial charge in [0, 0.05) is 17.4 Å². The molecule has 0 aliphatic heterocycles. The number of rotatable bonds is 3. The first-order chi connectivity index (χ1) is 13.5. The van der Waals surface area contributed by atoms with Gasteiger partial charge in [0.15, 0.2) is 11.6 Å². The fraction of sp³-hybridized carbons (Fsp3) is 0.231. The summed E-state index contributed by atoms with van der Waals surface area (Å²) in [4.78, 5) is 0. The van der Waals surface area contributed by atoms with Gasteiger partial charge < -0.3 is 0 Å². The van der Waals surface area contributed by atoms with Gasteiger partial charge in [-0.2, -0.15) is 0 Å². The molecule has 1 aliphatic carbocycles. The van der Waals surface area contributed by atoms with Crippen molar-refractivity contribution >= 4 is 0 Å². The molecule has 0 nitrogen and oxygen atoms in total. The van der Waals surface area contributed by atoms with Gasteiger partial charge in [-0.1, -0.05) is 83.9 Å². The maximum Gasteiger partial charge on any atom is 0.166 e. The Bertz CT molecular complexity index is 998. The third kappa shape index (κ3) is 3.64. The smallest absolute Gasteiger partial charge is 0.166 e. The van der Waals surface area contributed by atoms with Crippen molar-refractivity contribution in [3.05, 3.63) is 107 Å². The molecule has 0 bridgehead atoms. The number of aryl methyl sites for hydroxylation is 2. The lowest BCUT2D eigenvalue weighted by molar-refractivity contribution is 0.487. The number of hydrogen-bond donors (Lipinski definition) is 0. The lowest BCUT2D eigenvalue weighted by Gasteiger charge is -2.24. The van der Waals surface area contributed by atoms with E-state index in [0.717, 1.165) is 18.4 Å². The summed E-state index contributed by atoms with van der Waals surface area (Å²) in [6.45, 7) is 4.05. The molecule has 28 heavy (non-hydrogen) atoms. The summed E-state index contributed by atoms with van der Waals surface area (Å²) in [5.74, 6) is -1.21. The molecule has 0 amide bonds. The van der Waals surface area contributed by atoms with Crippen LogP contribution in [0.25, 0.3) is 11.1 Å². The van der Waals surface area contributed by atoms with Gasteiger partial charge in [0.05, 0.1) is 0 Å². The molecule has 142 valence electrons. The molecule has 0 spiro atoms. The third-order valence-corrected chi connectivity index (χ3v) is 5.74. The van der Waals surface area contributed by atoms with Crippen LogP contribution in [0.1, 0.15) is 46.9 Å². The molecule has 0 aromatic heterocycles. The van der Waals surface area contributed by atoms with Gasteiger partial charge in [0.2, 0.25) is 0 Å². The Labute approximate surface area is 165 Å². The lowest BCUT2D eigenvalue weighted by atomic mass is 9.81. The summed E-state index contributed by atoms with van der Waals surface area (Å²) in [7, 11) is 0. The van der Waals surface area contributed by atoms with Crippen molar-refractivity contribution in [3.8, 4) is 11.1 Å². The molecular weight excluding hydrogens is 350 g/mol. The van der Waals surface area contributed by atoms with Gasteiger partial charge in [-0.25, -0.2) is 8.78 Å². The van der Waals surface area contributed by atoms with Crippen molar-refractivity contribution in [2.45, 2.75) is 38.5 Å². The molecule has 3 aromatic rings. The molecule has 0 saturated carbocycles. The van der Waals surface area contributed by atoms with E-state index < -0.39 is 11.6 Å². The van der Waals surface area contributed by atoms with E-state index in [1.165, 1.54) is 11.1 Å². The van der Waals surface area contributed by atoms with E-state index in [1.807, 2.05) is 37.3 Å². The van der Waals surface area contributed by atoms with E-state index in [9.17, 15) is 8.78 Å². The van der Waals surface area contributed by atoms with Crippen LogP contribution >= 0.6 is 0 Å². The van der Waals surface area contributed by atoms with Gasteiger partial charge in [0.1, 0.15) is 0 Å².